The zero-order chi connectivity index (χ0) is 49.9. The average Bonchev–Trinajstić information content (AvgIpc) is 3.35. The van der Waals surface area contributed by atoms with Gasteiger partial charge in [-0.2, -0.15) is 0 Å². The summed E-state index contributed by atoms with van der Waals surface area (Å²) in [5.74, 6) is -0.631. The molecule has 0 saturated heterocycles. The molecule has 0 rings (SSSR count). The van der Waals surface area contributed by atoms with Gasteiger partial charge in [-0.15, -0.1) is 0 Å². The van der Waals surface area contributed by atoms with E-state index in [9.17, 15) is 14.7 Å². The van der Waals surface area contributed by atoms with Crippen LogP contribution in [0.2, 0.25) is 0 Å². The molecule has 0 fully saturated rings. The number of hydrogen-bond donors (Lipinski definition) is 1. The minimum atomic E-state index is -0.797. The third-order valence-corrected chi connectivity index (χ3v) is 11.7. The van der Waals surface area contributed by atoms with Crippen LogP contribution in [0.4, 0.5) is 0 Å². The zero-order valence-electron chi connectivity index (χ0n) is 44.5. The molecule has 0 aromatic carbocycles. The van der Waals surface area contributed by atoms with E-state index in [2.05, 4.69) is 148 Å². The summed E-state index contributed by atoms with van der Waals surface area (Å²) in [6, 6.07) is 0. The molecule has 1 atom stereocenters. The second kappa shape index (κ2) is 58.4. The highest BCUT2D eigenvalue weighted by Gasteiger charge is 2.16. The van der Waals surface area contributed by atoms with Crippen molar-refractivity contribution in [2.24, 2.45) is 0 Å². The van der Waals surface area contributed by atoms with Gasteiger partial charge in [-0.05, 0) is 96.3 Å². The lowest BCUT2D eigenvalue weighted by Gasteiger charge is -2.15. The number of allylic oxidation sites excluding steroid dienone is 22. The molecule has 0 bridgehead atoms. The van der Waals surface area contributed by atoms with Gasteiger partial charge in [0.1, 0.15) is 6.61 Å². The normalized spacial score (nSPS) is 13.3. The molecule has 0 spiro atoms. The van der Waals surface area contributed by atoms with E-state index in [0.29, 0.717) is 12.8 Å². The Morgan fingerprint density at radius 3 is 0.942 bits per heavy atom. The molecule has 0 aliphatic rings. The summed E-state index contributed by atoms with van der Waals surface area (Å²) < 4.78 is 10.7. The lowest BCUT2D eigenvalue weighted by atomic mass is 10.0. The number of hydrogen-bond acceptors (Lipinski definition) is 5. The van der Waals surface area contributed by atoms with E-state index in [1.54, 1.807) is 0 Å². The van der Waals surface area contributed by atoms with Crippen molar-refractivity contribution in [2.75, 3.05) is 13.2 Å². The van der Waals surface area contributed by atoms with E-state index in [1.807, 2.05) is 0 Å². The molecule has 0 heterocycles. The number of unbranched alkanes of at least 4 members (excludes halogenated alkanes) is 20. The Bertz CT molecular complexity index is 1450. The zero-order valence-corrected chi connectivity index (χ0v) is 44.5. The van der Waals surface area contributed by atoms with Crippen molar-refractivity contribution in [3.63, 3.8) is 0 Å². The van der Waals surface area contributed by atoms with Crippen LogP contribution in [0.15, 0.2) is 134 Å². The first-order valence-electron chi connectivity index (χ1n) is 28.2. The minimum absolute atomic E-state index is 0.0846. The van der Waals surface area contributed by atoms with Crippen LogP contribution in [-0.2, 0) is 19.1 Å². The van der Waals surface area contributed by atoms with E-state index >= 15 is 0 Å². The number of aliphatic hydroxyl groups excluding tert-OH is 1. The summed E-state index contributed by atoms with van der Waals surface area (Å²) in [5.41, 5.74) is 0. The second-order valence-corrected chi connectivity index (χ2v) is 18.3. The molecule has 0 radical (unpaired) electrons. The number of rotatable bonds is 50. The predicted octanol–water partition coefficient (Wildman–Crippen LogP) is 19.2. The van der Waals surface area contributed by atoms with Crippen LogP contribution in [0.3, 0.4) is 0 Å². The van der Waals surface area contributed by atoms with Gasteiger partial charge < -0.3 is 14.6 Å². The summed E-state index contributed by atoms with van der Waals surface area (Å²) >= 11 is 0. The van der Waals surface area contributed by atoms with Gasteiger partial charge in [-0.25, -0.2) is 0 Å². The molecule has 0 aromatic rings. The second-order valence-electron chi connectivity index (χ2n) is 18.3. The largest absolute Gasteiger partial charge is 0.462 e. The van der Waals surface area contributed by atoms with Crippen molar-refractivity contribution >= 4 is 11.9 Å². The van der Waals surface area contributed by atoms with Gasteiger partial charge in [0.25, 0.3) is 0 Å². The highest BCUT2D eigenvalue weighted by molar-refractivity contribution is 5.70. The first-order valence-corrected chi connectivity index (χ1v) is 28.2. The lowest BCUT2D eigenvalue weighted by molar-refractivity contribution is -0.161. The Morgan fingerprint density at radius 2 is 0.623 bits per heavy atom. The maximum atomic E-state index is 12.3. The third-order valence-electron chi connectivity index (χ3n) is 11.7. The molecule has 390 valence electrons. The van der Waals surface area contributed by atoms with Gasteiger partial charge in [0.2, 0.25) is 0 Å². The van der Waals surface area contributed by atoms with E-state index in [0.717, 1.165) is 116 Å². The Hall–Kier alpha value is -3.96. The van der Waals surface area contributed by atoms with E-state index in [-0.39, 0.29) is 25.2 Å². The Kier molecular flexibility index (Phi) is 55.0. The van der Waals surface area contributed by atoms with Crippen LogP contribution in [-0.4, -0.2) is 36.4 Å². The van der Waals surface area contributed by atoms with Crippen molar-refractivity contribution in [2.45, 2.75) is 245 Å². The molecule has 1 unspecified atom stereocenters. The molecule has 5 heteroatoms. The molecule has 0 aliphatic carbocycles. The smallest absolute Gasteiger partial charge is 0.306 e. The van der Waals surface area contributed by atoms with Gasteiger partial charge >= 0.3 is 11.9 Å². The highest BCUT2D eigenvalue weighted by Crippen LogP contribution is 2.15. The summed E-state index contributed by atoms with van der Waals surface area (Å²) in [6.45, 7) is 4.01. The van der Waals surface area contributed by atoms with Crippen LogP contribution in [0.5, 0.6) is 0 Å². The Labute approximate surface area is 425 Å². The van der Waals surface area contributed by atoms with Gasteiger partial charge in [0.05, 0.1) is 6.61 Å². The topological polar surface area (TPSA) is 72.8 Å². The molecular weight excluding hydrogens is 849 g/mol. The van der Waals surface area contributed by atoms with Crippen molar-refractivity contribution in [3.05, 3.63) is 134 Å². The van der Waals surface area contributed by atoms with Crippen LogP contribution in [0, 0.1) is 0 Å². The number of ether oxygens (including phenoxy) is 2. The number of carbonyl (C=O) groups is 2. The predicted molar refractivity (Wildman–Crippen MR) is 301 cm³/mol. The van der Waals surface area contributed by atoms with E-state index < -0.39 is 6.10 Å². The molecule has 0 saturated carbocycles. The number of aliphatic hydroxyl groups is 1. The summed E-state index contributed by atoms with van der Waals surface area (Å²) in [5, 5.41) is 9.64. The number of esters is 2. The molecule has 0 aromatic heterocycles. The summed E-state index contributed by atoms with van der Waals surface area (Å²) in [7, 11) is 0. The molecular formula is C64H104O5. The van der Waals surface area contributed by atoms with Crippen LogP contribution >= 0.6 is 0 Å². The molecule has 69 heavy (non-hydrogen) atoms. The standard InChI is InChI=1S/C64H104O5/c1-3-5-7-9-11-13-15-17-19-21-23-24-25-26-27-28-29-30-31-32-33-34-35-36-37-38-39-40-41-43-45-47-49-51-53-55-57-59-64(67)69-62(60-65)61-68-63(66)58-56-54-52-50-48-46-44-42-22-20-18-16-14-12-10-8-6-4-2/h5,7,11,13,17,19,23-24,26-27,29-30,32-33,35-36,38-39,41,43,47,49,62,65H,3-4,6,8-10,12,14-16,18,20-22,25,28,31,34,37,40,42,44-46,48,50-61H2,1-2H3/b7-5-,13-11-,19-17-,24-23-,27-26-,30-29-,33-32-,36-35-,39-38-,43-41-,49-47-. The van der Waals surface area contributed by atoms with E-state index in [4.69, 9.17) is 9.47 Å². The fraction of sp³-hybridized carbons (Fsp3) is 0.625. The number of carbonyl (C=O) groups excluding carboxylic acids is 2. The minimum Gasteiger partial charge on any atom is -0.462 e. The average molecular weight is 954 g/mol. The van der Waals surface area contributed by atoms with Crippen LogP contribution < -0.4 is 0 Å². The van der Waals surface area contributed by atoms with Gasteiger partial charge in [-0.3, -0.25) is 9.59 Å². The highest BCUT2D eigenvalue weighted by atomic mass is 16.6. The molecule has 1 N–H and O–H groups in total. The summed E-state index contributed by atoms with van der Waals surface area (Å²) in [6.07, 6.45) is 87.0. The van der Waals surface area contributed by atoms with E-state index in [1.165, 1.54) is 96.3 Å². The monoisotopic (exact) mass is 953 g/mol. The molecule has 0 amide bonds. The van der Waals surface area contributed by atoms with Gasteiger partial charge in [0.15, 0.2) is 6.10 Å². The molecule has 0 aliphatic heterocycles. The first kappa shape index (κ1) is 65.0. The van der Waals surface area contributed by atoms with Crippen molar-refractivity contribution in [3.8, 4) is 0 Å². The quantitative estimate of drug-likeness (QED) is 0.0374. The fourth-order valence-electron chi connectivity index (χ4n) is 7.50. The lowest BCUT2D eigenvalue weighted by Crippen LogP contribution is -2.28. The third kappa shape index (κ3) is 56.5. The van der Waals surface area contributed by atoms with Crippen molar-refractivity contribution in [1.82, 2.24) is 0 Å². The SMILES string of the molecule is CC/C=C\C/C=C\C/C=C\C/C=C\C/C=C\C/C=C\C/C=C\C/C=C\C/C=C\C/C=C\C/C=C\CCCCCC(=O)OC(CO)COC(=O)CCCCCCCCCCCCCCCCCCCC. The van der Waals surface area contributed by atoms with Gasteiger partial charge in [-0.1, -0.05) is 263 Å². The van der Waals surface area contributed by atoms with Crippen molar-refractivity contribution in [1.29, 1.82) is 0 Å². The fourth-order valence-corrected chi connectivity index (χ4v) is 7.50. The Morgan fingerprint density at radius 1 is 0.348 bits per heavy atom. The maximum absolute atomic E-state index is 12.3. The van der Waals surface area contributed by atoms with Gasteiger partial charge in [0, 0.05) is 12.8 Å². The summed E-state index contributed by atoms with van der Waals surface area (Å²) in [4.78, 5) is 24.5. The van der Waals surface area contributed by atoms with Crippen LogP contribution in [0.25, 0.3) is 0 Å². The maximum Gasteiger partial charge on any atom is 0.306 e. The Balaban J connectivity index is 3.66. The molecule has 5 nitrogen and oxygen atoms in total. The first-order chi connectivity index (χ1) is 34.1. The van der Waals surface area contributed by atoms with Crippen LogP contribution in [0.1, 0.15) is 239 Å². The van der Waals surface area contributed by atoms with Crippen molar-refractivity contribution < 1.29 is 24.2 Å².